The molecule has 1 aromatic carbocycles. The minimum absolute atomic E-state index is 0.100. The normalized spacial score (nSPS) is 19.2. The first-order valence-electron chi connectivity index (χ1n) is 8.71. The second-order valence-corrected chi connectivity index (χ2v) is 9.37. The lowest BCUT2D eigenvalue weighted by Crippen LogP contribution is -2.39. The van der Waals surface area contributed by atoms with Crippen molar-refractivity contribution in [3.63, 3.8) is 0 Å². The summed E-state index contributed by atoms with van der Waals surface area (Å²) in [5.41, 5.74) is 2.08. The van der Waals surface area contributed by atoms with Crippen molar-refractivity contribution < 1.29 is 8.42 Å². The zero-order valence-corrected chi connectivity index (χ0v) is 17.0. The summed E-state index contributed by atoms with van der Waals surface area (Å²) in [7, 11) is 2.37. The molecule has 2 heterocycles. The Morgan fingerprint density at radius 2 is 2.04 bits per heavy atom. The molecule has 1 fully saturated rings. The van der Waals surface area contributed by atoms with Crippen molar-refractivity contribution in [1.82, 2.24) is 19.0 Å². The Kier molecular flexibility index (Phi) is 5.72. The van der Waals surface area contributed by atoms with Gasteiger partial charge in [0.15, 0.2) is 0 Å². The highest BCUT2D eigenvalue weighted by Gasteiger charge is 2.33. The number of benzene rings is 1. The van der Waals surface area contributed by atoms with Crippen LogP contribution in [0.2, 0.25) is 5.02 Å². The number of halogens is 1. The lowest BCUT2D eigenvalue weighted by atomic mass is 9.96. The molecular weight excluding hydrogens is 372 g/mol. The quantitative estimate of drug-likeness (QED) is 0.779. The van der Waals surface area contributed by atoms with Crippen LogP contribution in [0.4, 0.5) is 0 Å². The fourth-order valence-electron chi connectivity index (χ4n) is 3.40. The molecule has 0 bridgehead atoms. The van der Waals surface area contributed by atoms with Crippen LogP contribution in [0.25, 0.3) is 0 Å². The van der Waals surface area contributed by atoms with Crippen LogP contribution in [0.15, 0.2) is 35.2 Å². The molecule has 0 spiro atoms. The third-order valence-electron chi connectivity index (χ3n) is 4.73. The number of aromatic nitrogens is 2. The second-order valence-electron chi connectivity index (χ2n) is 7.05. The number of hydrogen-bond acceptors (Lipinski definition) is 4. The molecule has 0 unspecified atom stereocenters. The van der Waals surface area contributed by atoms with Gasteiger partial charge in [0.2, 0.25) is 10.0 Å². The number of hydrogen-bond donors (Lipinski definition) is 0. The zero-order chi connectivity index (χ0) is 18.9. The van der Waals surface area contributed by atoms with Crippen LogP contribution in [0.5, 0.6) is 0 Å². The van der Waals surface area contributed by atoms with Crippen molar-refractivity contribution in [3.8, 4) is 0 Å². The summed E-state index contributed by atoms with van der Waals surface area (Å²) in [4.78, 5) is 2.27. The molecule has 142 valence electrons. The van der Waals surface area contributed by atoms with Gasteiger partial charge in [-0.05, 0) is 45.1 Å². The van der Waals surface area contributed by atoms with E-state index in [4.69, 9.17) is 11.6 Å². The van der Waals surface area contributed by atoms with Gasteiger partial charge in [-0.15, -0.1) is 0 Å². The van der Waals surface area contributed by atoms with Crippen LogP contribution in [-0.4, -0.2) is 54.6 Å². The van der Waals surface area contributed by atoms with Crippen molar-refractivity contribution in [2.75, 3.05) is 27.2 Å². The average molecular weight is 397 g/mol. The number of piperidine rings is 1. The molecule has 1 aromatic heterocycles. The third kappa shape index (κ3) is 3.96. The maximum atomic E-state index is 13.0. The van der Waals surface area contributed by atoms with Gasteiger partial charge in [0.05, 0.1) is 16.4 Å². The Balaban J connectivity index is 1.83. The van der Waals surface area contributed by atoms with E-state index in [2.05, 4.69) is 16.1 Å². The van der Waals surface area contributed by atoms with Gasteiger partial charge in [0, 0.05) is 32.6 Å². The first-order chi connectivity index (χ1) is 12.3. The van der Waals surface area contributed by atoms with Crippen LogP contribution >= 0.6 is 11.6 Å². The molecule has 6 nitrogen and oxygen atoms in total. The van der Waals surface area contributed by atoms with E-state index in [0.29, 0.717) is 13.1 Å². The van der Waals surface area contributed by atoms with Gasteiger partial charge in [-0.2, -0.15) is 9.40 Å². The lowest BCUT2D eigenvalue weighted by Gasteiger charge is -2.31. The summed E-state index contributed by atoms with van der Waals surface area (Å²) >= 11 is 6.13. The van der Waals surface area contributed by atoms with Crippen molar-refractivity contribution >= 4 is 21.6 Å². The SMILES string of the molecule is CN(C)Cc1cc([C@@H]2CCCN(S(=O)(=O)c3ccccc3Cl)C2)nn1C. The van der Waals surface area contributed by atoms with Gasteiger partial charge >= 0.3 is 0 Å². The van der Waals surface area contributed by atoms with Crippen LogP contribution in [-0.2, 0) is 23.6 Å². The number of nitrogens with zero attached hydrogens (tertiary/aromatic N) is 4. The molecule has 8 heteroatoms. The maximum Gasteiger partial charge on any atom is 0.244 e. The summed E-state index contributed by atoms with van der Waals surface area (Å²) in [6.07, 6.45) is 1.75. The molecule has 1 aliphatic rings. The topological polar surface area (TPSA) is 58.4 Å². The molecule has 0 N–H and O–H groups in total. The van der Waals surface area contributed by atoms with E-state index in [-0.39, 0.29) is 15.8 Å². The highest BCUT2D eigenvalue weighted by molar-refractivity contribution is 7.89. The summed E-state index contributed by atoms with van der Waals surface area (Å²) < 4.78 is 29.5. The Labute approximate surface area is 160 Å². The van der Waals surface area contributed by atoms with E-state index < -0.39 is 10.0 Å². The Morgan fingerprint density at radius 1 is 1.31 bits per heavy atom. The van der Waals surface area contributed by atoms with E-state index in [1.165, 1.54) is 0 Å². The van der Waals surface area contributed by atoms with Gasteiger partial charge in [-0.25, -0.2) is 8.42 Å². The smallest absolute Gasteiger partial charge is 0.244 e. The summed E-state index contributed by atoms with van der Waals surface area (Å²) in [5.74, 6) is 0.100. The van der Waals surface area contributed by atoms with Crippen LogP contribution in [0, 0.1) is 0 Å². The third-order valence-corrected chi connectivity index (χ3v) is 7.10. The van der Waals surface area contributed by atoms with E-state index in [0.717, 1.165) is 30.8 Å². The number of rotatable bonds is 5. The fourth-order valence-corrected chi connectivity index (χ4v) is 5.41. The second kappa shape index (κ2) is 7.68. The number of aryl methyl sites for hydroxylation is 1. The van der Waals surface area contributed by atoms with Crippen LogP contribution in [0.1, 0.15) is 30.1 Å². The predicted octanol–water partition coefficient (Wildman–Crippen LogP) is 2.70. The van der Waals surface area contributed by atoms with Gasteiger partial charge in [0.1, 0.15) is 4.90 Å². The summed E-state index contributed by atoms with van der Waals surface area (Å²) in [5, 5.41) is 4.90. The summed E-state index contributed by atoms with van der Waals surface area (Å²) in [6.45, 7) is 1.76. The van der Waals surface area contributed by atoms with Crippen LogP contribution in [0.3, 0.4) is 0 Å². The Morgan fingerprint density at radius 3 is 2.73 bits per heavy atom. The van der Waals surface area contributed by atoms with Crippen LogP contribution < -0.4 is 0 Å². The molecule has 26 heavy (non-hydrogen) atoms. The molecule has 0 saturated carbocycles. The van der Waals surface area contributed by atoms with E-state index in [9.17, 15) is 8.42 Å². The lowest BCUT2D eigenvalue weighted by molar-refractivity contribution is 0.312. The predicted molar refractivity (Wildman–Crippen MR) is 103 cm³/mol. The standard InChI is InChI=1S/C18H25ClN4O2S/c1-21(2)13-15-11-17(20-22(15)3)14-7-6-10-23(12-14)26(24,25)18-9-5-4-8-16(18)19/h4-5,8-9,11,14H,6-7,10,12-13H2,1-3H3/t14-/m1/s1. The van der Waals surface area contributed by atoms with Gasteiger partial charge in [-0.1, -0.05) is 23.7 Å². The zero-order valence-electron chi connectivity index (χ0n) is 15.4. The van der Waals surface area contributed by atoms with Gasteiger partial charge < -0.3 is 4.90 Å². The first-order valence-corrected chi connectivity index (χ1v) is 10.5. The molecule has 2 aromatic rings. The Hall–Kier alpha value is -1.41. The van der Waals surface area contributed by atoms with Crippen molar-refractivity contribution in [2.45, 2.75) is 30.2 Å². The van der Waals surface area contributed by atoms with Gasteiger partial charge in [0.25, 0.3) is 0 Å². The molecule has 1 saturated heterocycles. The highest BCUT2D eigenvalue weighted by atomic mass is 35.5. The molecular formula is C18H25ClN4O2S. The molecule has 0 amide bonds. The van der Waals surface area contributed by atoms with Gasteiger partial charge in [-0.3, -0.25) is 4.68 Å². The molecule has 1 aliphatic heterocycles. The monoisotopic (exact) mass is 396 g/mol. The maximum absolute atomic E-state index is 13.0. The molecule has 0 radical (unpaired) electrons. The number of sulfonamides is 1. The molecule has 3 rings (SSSR count). The fraction of sp³-hybridized carbons (Fsp3) is 0.500. The average Bonchev–Trinajstić information content (AvgIpc) is 2.95. The largest absolute Gasteiger partial charge is 0.304 e. The van der Waals surface area contributed by atoms with Crippen molar-refractivity contribution in [2.24, 2.45) is 7.05 Å². The first kappa shape index (κ1) is 19.4. The molecule has 0 aliphatic carbocycles. The minimum atomic E-state index is -3.60. The Bertz CT molecular complexity index is 879. The van der Waals surface area contributed by atoms with E-state index >= 15 is 0 Å². The van der Waals surface area contributed by atoms with Crippen molar-refractivity contribution in [3.05, 3.63) is 46.7 Å². The summed E-state index contributed by atoms with van der Waals surface area (Å²) in [6, 6.07) is 8.71. The minimum Gasteiger partial charge on any atom is -0.304 e. The van der Waals surface area contributed by atoms with E-state index in [1.807, 2.05) is 25.8 Å². The molecule has 1 atom stereocenters. The van der Waals surface area contributed by atoms with E-state index in [1.54, 1.807) is 28.6 Å². The van der Waals surface area contributed by atoms with Crippen molar-refractivity contribution in [1.29, 1.82) is 0 Å². The highest BCUT2D eigenvalue weighted by Crippen LogP contribution is 2.32.